The SMILES string of the molecule is NCCCC[C@H](NC(=O)[C@H](CCCCN)NC(=O)[C@H](CCCN=C(N)N)NC(=O)[C@@H]1CCCN1C(=O)[C@H](CCCN=C(N)N)NC(=O)[C@H](CCCCN)NC(=O)[C@@H](N)CCCCN)C(=O)O. The Kier molecular flexibility index (Phi) is 30.2. The number of hydrogen-bond donors (Lipinski definition) is 15. The van der Waals surface area contributed by atoms with E-state index in [0.717, 1.165) is 0 Å². The van der Waals surface area contributed by atoms with Crippen molar-refractivity contribution in [1.29, 1.82) is 0 Å². The van der Waals surface area contributed by atoms with Crippen LogP contribution in [0.5, 0.6) is 0 Å². The summed E-state index contributed by atoms with van der Waals surface area (Å²) >= 11 is 0. The van der Waals surface area contributed by atoms with E-state index in [4.69, 9.17) is 51.6 Å². The number of carboxylic acid groups (broad SMARTS) is 1. The van der Waals surface area contributed by atoms with Gasteiger partial charge in [-0.2, -0.15) is 0 Å². The van der Waals surface area contributed by atoms with Crippen molar-refractivity contribution in [2.75, 3.05) is 45.8 Å². The van der Waals surface area contributed by atoms with Gasteiger partial charge >= 0.3 is 5.97 Å². The molecule has 1 fully saturated rings. The number of likely N-dealkylation sites (tertiary alicyclic amines) is 1. The van der Waals surface area contributed by atoms with Gasteiger partial charge in [0, 0.05) is 19.6 Å². The summed E-state index contributed by atoms with van der Waals surface area (Å²) in [4.78, 5) is 104. The van der Waals surface area contributed by atoms with Crippen LogP contribution in [-0.4, -0.2) is 151 Å². The summed E-state index contributed by atoms with van der Waals surface area (Å²) in [6.07, 6.45) is 6.33. The quantitative estimate of drug-likeness (QED) is 0.0160. The first kappa shape index (κ1) is 58.6. The fraction of sp³-hybridized carbons (Fsp3) is 0.780. The summed E-state index contributed by atoms with van der Waals surface area (Å²) in [7, 11) is 0. The lowest BCUT2D eigenvalue weighted by Crippen LogP contribution is -2.59. The van der Waals surface area contributed by atoms with E-state index in [9.17, 15) is 38.7 Å². The zero-order valence-corrected chi connectivity index (χ0v) is 38.6. The highest BCUT2D eigenvalue weighted by atomic mass is 16.4. The topological polar surface area (TPSA) is 462 Å². The molecule has 0 aliphatic carbocycles. The zero-order valence-electron chi connectivity index (χ0n) is 38.6. The molecular formula is C41H81N17O8. The van der Waals surface area contributed by atoms with Crippen LogP contribution in [0.25, 0.3) is 0 Å². The number of rotatable bonds is 36. The molecule has 1 aliphatic rings. The number of carboxylic acids is 1. The van der Waals surface area contributed by atoms with Crippen LogP contribution in [0.3, 0.4) is 0 Å². The number of carbonyl (C=O) groups is 7. The largest absolute Gasteiger partial charge is 0.480 e. The highest BCUT2D eigenvalue weighted by Crippen LogP contribution is 2.21. The van der Waals surface area contributed by atoms with Crippen molar-refractivity contribution in [3.63, 3.8) is 0 Å². The number of amides is 6. The number of aliphatic carboxylic acids is 1. The molecule has 0 aromatic heterocycles. The number of hydrogen-bond acceptors (Lipinski definition) is 14. The molecule has 378 valence electrons. The third-order valence-electron chi connectivity index (χ3n) is 11.0. The second kappa shape index (κ2) is 34.0. The van der Waals surface area contributed by atoms with Gasteiger partial charge in [-0.3, -0.25) is 38.8 Å². The second-order valence-corrected chi connectivity index (χ2v) is 16.5. The monoisotopic (exact) mass is 940 g/mol. The van der Waals surface area contributed by atoms with E-state index in [-0.39, 0.29) is 82.9 Å². The molecule has 0 saturated carbocycles. The highest BCUT2D eigenvalue weighted by molar-refractivity contribution is 5.97. The van der Waals surface area contributed by atoms with Crippen molar-refractivity contribution >= 4 is 53.3 Å². The maximum Gasteiger partial charge on any atom is 0.326 e. The van der Waals surface area contributed by atoms with Gasteiger partial charge in [-0.05, 0) is 135 Å². The average molecular weight is 940 g/mol. The number of guanidine groups is 2. The van der Waals surface area contributed by atoms with Gasteiger partial charge in [0.05, 0.1) is 6.04 Å². The predicted octanol–water partition coefficient (Wildman–Crippen LogP) is -4.56. The number of nitrogens with zero attached hydrogens (tertiary/aromatic N) is 3. The number of unbranched alkanes of at least 4 members (excludes halogenated alkanes) is 4. The highest BCUT2D eigenvalue weighted by Gasteiger charge is 2.40. The minimum atomic E-state index is -1.25. The lowest BCUT2D eigenvalue weighted by molar-refractivity contribution is -0.143. The number of carbonyl (C=O) groups excluding carboxylic acids is 6. The molecule has 0 aromatic rings. The molecule has 0 spiro atoms. The Hall–Kier alpha value is -5.37. The standard InChI is InChI=1S/C41H81N17O8/c42-19-5-1-12-26(46)33(59)53-27(13-2-6-20-43)35(61)56-30(17-10-24-52-41(49)50)38(64)58-25-11-18-32(58)37(63)55-29(16-9-23-51-40(47)48)34(60)54-28(14-3-7-21-44)36(62)57-31(39(65)66)15-4-8-22-45/h26-32H,1-25,42-46H2,(H,53,59)(H,54,60)(H,55,63)(H,56,61)(H,57,62)(H,65,66)(H4,47,48,51)(H4,49,50,52)/t26-,27-,28-,29-,30-,31-,32-/m0/s1. The van der Waals surface area contributed by atoms with E-state index < -0.39 is 83.7 Å². The van der Waals surface area contributed by atoms with E-state index in [1.807, 2.05) is 0 Å². The Morgan fingerprint density at radius 3 is 1.35 bits per heavy atom. The van der Waals surface area contributed by atoms with Gasteiger partial charge in [0.2, 0.25) is 35.4 Å². The van der Waals surface area contributed by atoms with Gasteiger partial charge in [0.25, 0.3) is 0 Å². The molecule has 0 radical (unpaired) electrons. The molecule has 1 aliphatic heterocycles. The van der Waals surface area contributed by atoms with Gasteiger partial charge in [-0.15, -0.1) is 0 Å². The van der Waals surface area contributed by atoms with Crippen LogP contribution in [0.2, 0.25) is 0 Å². The van der Waals surface area contributed by atoms with Crippen molar-refractivity contribution < 1.29 is 38.7 Å². The molecule has 25 heteroatoms. The third-order valence-corrected chi connectivity index (χ3v) is 11.0. The summed E-state index contributed by atoms with van der Waals surface area (Å²) in [5.41, 5.74) is 50.7. The van der Waals surface area contributed by atoms with Crippen molar-refractivity contribution in [3.8, 4) is 0 Å². The smallest absolute Gasteiger partial charge is 0.326 e. The molecule has 1 heterocycles. The van der Waals surface area contributed by atoms with E-state index in [1.54, 1.807) is 0 Å². The summed E-state index contributed by atoms with van der Waals surface area (Å²) in [6, 6.07) is -7.84. The maximum absolute atomic E-state index is 14.4. The average Bonchev–Trinajstić information content (AvgIpc) is 3.77. The predicted molar refractivity (Wildman–Crippen MR) is 251 cm³/mol. The van der Waals surface area contributed by atoms with Crippen LogP contribution in [0.1, 0.15) is 116 Å². The molecule has 24 N–H and O–H groups in total. The third kappa shape index (κ3) is 23.7. The van der Waals surface area contributed by atoms with Gasteiger partial charge < -0.3 is 88.2 Å². The summed E-state index contributed by atoms with van der Waals surface area (Å²) in [5, 5.41) is 23.3. The molecule has 6 amide bonds. The van der Waals surface area contributed by atoms with Crippen LogP contribution in [-0.2, 0) is 33.6 Å². The minimum Gasteiger partial charge on any atom is -0.480 e. The Morgan fingerprint density at radius 2 is 0.894 bits per heavy atom. The Morgan fingerprint density at radius 1 is 0.515 bits per heavy atom. The Labute approximate surface area is 388 Å². The zero-order chi connectivity index (χ0) is 49.4. The second-order valence-electron chi connectivity index (χ2n) is 16.5. The first-order valence-electron chi connectivity index (χ1n) is 23.2. The van der Waals surface area contributed by atoms with Crippen LogP contribution in [0.15, 0.2) is 9.98 Å². The molecule has 7 atom stereocenters. The lowest BCUT2D eigenvalue weighted by Gasteiger charge is -2.31. The Balaban J connectivity index is 3.44. The van der Waals surface area contributed by atoms with Gasteiger partial charge in [-0.25, -0.2) is 4.79 Å². The molecule has 1 rings (SSSR count). The van der Waals surface area contributed by atoms with E-state index in [0.29, 0.717) is 90.4 Å². The van der Waals surface area contributed by atoms with E-state index >= 15 is 0 Å². The van der Waals surface area contributed by atoms with Crippen molar-refractivity contribution in [3.05, 3.63) is 0 Å². The minimum absolute atomic E-state index is 0.0143. The normalized spacial score (nSPS) is 16.1. The molecular weight excluding hydrogens is 859 g/mol. The summed E-state index contributed by atoms with van der Waals surface area (Å²) in [6.45, 7) is 1.85. The molecule has 66 heavy (non-hydrogen) atoms. The van der Waals surface area contributed by atoms with Gasteiger partial charge in [-0.1, -0.05) is 6.42 Å². The van der Waals surface area contributed by atoms with E-state index in [1.165, 1.54) is 4.90 Å². The van der Waals surface area contributed by atoms with Crippen molar-refractivity contribution in [1.82, 2.24) is 31.5 Å². The maximum atomic E-state index is 14.4. The number of nitrogens with two attached hydrogens (primary N) is 9. The molecule has 0 aromatic carbocycles. The number of aliphatic imine (C=N–C) groups is 2. The van der Waals surface area contributed by atoms with Crippen molar-refractivity contribution in [2.45, 2.75) is 158 Å². The Bertz CT molecular complexity index is 1560. The van der Waals surface area contributed by atoms with Crippen LogP contribution >= 0.6 is 0 Å². The van der Waals surface area contributed by atoms with Crippen LogP contribution in [0, 0.1) is 0 Å². The fourth-order valence-electron chi connectivity index (χ4n) is 7.31. The summed E-state index contributed by atoms with van der Waals surface area (Å²) < 4.78 is 0. The number of nitrogens with one attached hydrogen (secondary N) is 5. The molecule has 25 nitrogen and oxygen atoms in total. The lowest BCUT2D eigenvalue weighted by atomic mass is 10.0. The van der Waals surface area contributed by atoms with Gasteiger partial charge in [0.1, 0.15) is 36.3 Å². The van der Waals surface area contributed by atoms with Crippen molar-refractivity contribution in [2.24, 2.45) is 61.6 Å². The molecule has 1 saturated heterocycles. The van der Waals surface area contributed by atoms with Crippen LogP contribution < -0.4 is 78.2 Å². The first-order valence-corrected chi connectivity index (χ1v) is 23.2. The first-order chi connectivity index (χ1) is 31.5. The summed E-state index contributed by atoms with van der Waals surface area (Å²) in [5.74, 6) is -5.46. The van der Waals surface area contributed by atoms with Gasteiger partial charge in [0.15, 0.2) is 11.9 Å². The molecule has 0 unspecified atom stereocenters. The fourth-order valence-corrected chi connectivity index (χ4v) is 7.31. The molecule has 0 bridgehead atoms. The van der Waals surface area contributed by atoms with Crippen LogP contribution in [0.4, 0.5) is 0 Å². The van der Waals surface area contributed by atoms with E-state index in [2.05, 4.69) is 36.6 Å².